The summed E-state index contributed by atoms with van der Waals surface area (Å²) in [6.45, 7) is 0. The molecular formula is C53H32. The van der Waals surface area contributed by atoms with E-state index in [0.29, 0.717) is 0 Å². The second-order valence-electron chi connectivity index (χ2n) is 14.7. The summed E-state index contributed by atoms with van der Waals surface area (Å²) < 4.78 is 0. The number of fused-ring (bicyclic) bond motifs is 18. The van der Waals surface area contributed by atoms with Gasteiger partial charge in [-0.1, -0.05) is 176 Å². The fourth-order valence-corrected chi connectivity index (χ4v) is 10.1. The molecule has 2 aliphatic rings. The van der Waals surface area contributed by atoms with Crippen LogP contribution < -0.4 is 0 Å². The Hall–Kier alpha value is -6.76. The molecule has 10 aromatic carbocycles. The van der Waals surface area contributed by atoms with Gasteiger partial charge >= 0.3 is 0 Å². The number of hydrogen-bond donors (Lipinski definition) is 0. The fourth-order valence-electron chi connectivity index (χ4n) is 10.1. The third-order valence-corrected chi connectivity index (χ3v) is 12.2. The Balaban J connectivity index is 1.30. The molecule has 1 spiro atoms. The number of hydrogen-bond acceptors (Lipinski definition) is 0. The van der Waals surface area contributed by atoms with Gasteiger partial charge < -0.3 is 0 Å². The van der Waals surface area contributed by atoms with Crippen LogP contribution in [0.3, 0.4) is 0 Å². The van der Waals surface area contributed by atoms with Gasteiger partial charge in [0.1, 0.15) is 0 Å². The lowest BCUT2D eigenvalue weighted by Gasteiger charge is -2.32. The van der Waals surface area contributed by atoms with Crippen molar-refractivity contribution in [3.05, 3.63) is 216 Å². The lowest BCUT2D eigenvalue weighted by Crippen LogP contribution is -2.26. The van der Waals surface area contributed by atoms with Crippen LogP contribution in [0, 0.1) is 0 Å². The van der Waals surface area contributed by atoms with Crippen LogP contribution in [0.15, 0.2) is 194 Å². The molecule has 0 heterocycles. The maximum Gasteiger partial charge on any atom is 0.0732 e. The first-order chi connectivity index (χ1) is 26.3. The van der Waals surface area contributed by atoms with Crippen LogP contribution in [0.4, 0.5) is 0 Å². The van der Waals surface area contributed by atoms with Crippen molar-refractivity contribution >= 4 is 43.1 Å². The van der Waals surface area contributed by atoms with Crippen molar-refractivity contribution in [1.82, 2.24) is 0 Å². The average molecular weight is 669 g/mol. The zero-order valence-corrected chi connectivity index (χ0v) is 29.0. The predicted octanol–water partition coefficient (Wildman–Crippen LogP) is 14.0. The maximum absolute atomic E-state index is 2.50. The molecule has 53 heavy (non-hydrogen) atoms. The molecule has 0 aliphatic heterocycles. The van der Waals surface area contributed by atoms with Crippen molar-refractivity contribution in [3.63, 3.8) is 0 Å². The highest BCUT2D eigenvalue weighted by atomic mass is 14.5. The highest BCUT2D eigenvalue weighted by molar-refractivity contribution is 6.28. The highest BCUT2D eigenvalue weighted by Crippen LogP contribution is 2.66. The molecule has 1 unspecified atom stereocenters. The van der Waals surface area contributed by atoms with Crippen LogP contribution in [-0.2, 0) is 5.41 Å². The Bertz CT molecular complexity index is 3170. The standard InChI is InChI=1S/C53H32/c1-2-14-33(15-3-1)36-28-29-41-40-20-10-12-24-47(40)53(49(41)31-36)48-25-13-11-23-44(48)50-43-22-9-7-19-39(43)46-32-45(37-27-26-34-16-4-5-17-35(34)30-37)38-18-6-8-21-42(38)51(46)52(50)53/h1-32H. The molecule has 12 rings (SSSR count). The number of rotatable bonds is 2. The zero-order chi connectivity index (χ0) is 34.7. The van der Waals surface area contributed by atoms with Crippen molar-refractivity contribution in [2.45, 2.75) is 5.41 Å². The molecule has 0 saturated carbocycles. The Morgan fingerprint density at radius 3 is 1.72 bits per heavy atom. The van der Waals surface area contributed by atoms with Crippen LogP contribution in [-0.4, -0.2) is 0 Å². The largest absolute Gasteiger partial charge is 0.0732 e. The minimum Gasteiger partial charge on any atom is -0.0622 e. The van der Waals surface area contributed by atoms with Crippen LogP contribution in [0.25, 0.3) is 87.6 Å². The van der Waals surface area contributed by atoms with E-state index in [-0.39, 0.29) is 0 Å². The molecule has 0 N–H and O–H groups in total. The van der Waals surface area contributed by atoms with E-state index in [9.17, 15) is 0 Å². The van der Waals surface area contributed by atoms with Gasteiger partial charge in [-0.25, -0.2) is 0 Å². The Morgan fingerprint density at radius 2 is 0.887 bits per heavy atom. The molecule has 0 radical (unpaired) electrons. The van der Waals surface area contributed by atoms with Crippen LogP contribution in [0.5, 0.6) is 0 Å². The minimum absolute atomic E-state index is 0.502. The van der Waals surface area contributed by atoms with Crippen LogP contribution >= 0.6 is 0 Å². The Morgan fingerprint density at radius 1 is 0.283 bits per heavy atom. The first-order valence-corrected chi connectivity index (χ1v) is 18.6. The van der Waals surface area contributed by atoms with Gasteiger partial charge in [-0.3, -0.25) is 0 Å². The zero-order valence-electron chi connectivity index (χ0n) is 29.0. The summed E-state index contributed by atoms with van der Waals surface area (Å²) in [6, 6.07) is 72.9. The fraction of sp³-hybridized carbons (Fsp3) is 0.0189. The van der Waals surface area contributed by atoms with Gasteiger partial charge in [-0.05, 0) is 128 Å². The summed E-state index contributed by atoms with van der Waals surface area (Å²) in [4.78, 5) is 0. The topological polar surface area (TPSA) is 0 Å². The SMILES string of the molecule is c1ccc(-c2ccc3c(c2)C2(c4ccccc4-3)c3ccccc3-c3c2c2c4ccccc4c(-c4ccc5ccccc5c4)cc2c2ccccc32)cc1. The van der Waals surface area contributed by atoms with Crippen molar-refractivity contribution in [2.75, 3.05) is 0 Å². The van der Waals surface area contributed by atoms with E-state index < -0.39 is 5.41 Å². The Kier molecular flexibility index (Phi) is 5.80. The summed E-state index contributed by atoms with van der Waals surface area (Å²) >= 11 is 0. The van der Waals surface area contributed by atoms with E-state index in [4.69, 9.17) is 0 Å². The smallest absolute Gasteiger partial charge is 0.0622 e. The third kappa shape index (κ3) is 3.75. The molecule has 10 aromatic rings. The summed E-state index contributed by atoms with van der Waals surface area (Å²) in [5.41, 5.74) is 15.3. The molecular weight excluding hydrogens is 637 g/mol. The molecule has 2 aliphatic carbocycles. The molecule has 0 aromatic heterocycles. The third-order valence-electron chi connectivity index (χ3n) is 12.2. The molecule has 244 valence electrons. The van der Waals surface area contributed by atoms with E-state index in [2.05, 4.69) is 194 Å². The highest BCUT2D eigenvalue weighted by Gasteiger charge is 2.53. The van der Waals surface area contributed by atoms with Crippen molar-refractivity contribution < 1.29 is 0 Å². The first kappa shape index (κ1) is 28.9. The first-order valence-electron chi connectivity index (χ1n) is 18.6. The summed E-state index contributed by atoms with van der Waals surface area (Å²) in [5, 5.41) is 10.4. The van der Waals surface area contributed by atoms with Gasteiger partial charge in [0.25, 0.3) is 0 Å². The monoisotopic (exact) mass is 668 g/mol. The molecule has 0 saturated heterocycles. The van der Waals surface area contributed by atoms with E-state index in [1.165, 1.54) is 110 Å². The second-order valence-corrected chi connectivity index (χ2v) is 14.7. The van der Waals surface area contributed by atoms with Gasteiger partial charge in [0.15, 0.2) is 0 Å². The molecule has 0 fully saturated rings. The quantitative estimate of drug-likeness (QED) is 0.161. The summed E-state index contributed by atoms with van der Waals surface area (Å²) in [7, 11) is 0. The molecule has 1 atom stereocenters. The molecule has 0 bridgehead atoms. The normalized spacial score (nSPS) is 15.2. The van der Waals surface area contributed by atoms with Gasteiger partial charge in [0.2, 0.25) is 0 Å². The molecule has 0 heteroatoms. The summed E-state index contributed by atoms with van der Waals surface area (Å²) in [5.74, 6) is 0. The van der Waals surface area contributed by atoms with Crippen molar-refractivity contribution in [2.24, 2.45) is 0 Å². The van der Waals surface area contributed by atoms with E-state index in [0.717, 1.165) is 0 Å². The van der Waals surface area contributed by atoms with Crippen LogP contribution in [0.1, 0.15) is 22.3 Å². The minimum atomic E-state index is -0.502. The van der Waals surface area contributed by atoms with E-state index in [1.807, 2.05) is 0 Å². The van der Waals surface area contributed by atoms with Gasteiger partial charge in [0.05, 0.1) is 5.41 Å². The molecule has 0 amide bonds. The summed E-state index contributed by atoms with van der Waals surface area (Å²) in [6.07, 6.45) is 0. The average Bonchev–Trinajstić information content (AvgIpc) is 3.71. The second kappa shape index (κ2) is 10.6. The predicted molar refractivity (Wildman–Crippen MR) is 224 cm³/mol. The molecule has 0 nitrogen and oxygen atoms in total. The lowest BCUT2D eigenvalue weighted by molar-refractivity contribution is 0.802. The van der Waals surface area contributed by atoms with Gasteiger partial charge in [0, 0.05) is 0 Å². The number of benzene rings is 10. The van der Waals surface area contributed by atoms with Gasteiger partial charge in [-0.15, -0.1) is 0 Å². The van der Waals surface area contributed by atoms with Gasteiger partial charge in [-0.2, -0.15) is 0 Å². The lowest BCUT2D eigenvalue weighted by atomic mass is 9.68. The van der Waals surface area contributed by atoms with E-state index in [1.54, 1.807) is 0 Å². The maximum atomic E-state index is 2.50. The van der Waals surface area contributed by atoms with Crippen molar-refractivity contribution in [1.29, 1.82) is 0 Å². The van der Waals surface area contributed by atoms with Crippen LogP contribution in [0.2, 0.25) is 0 Å². The van der Waals surface area contributed by atoms with E-state index >= 15 is 0 Å². The van der Waals surface area contributed by atoms with Crippen molar-refractivity contribution in [3.8, 4) is 44.5 Å². The Labute approximate surface area is 308 Å².